The van der Waals surface area contributed by atoms with E-state index in [1.807, 2.05) is 29.4 Å². The number of anilines is 1. The van der Waals surface area contributed by atoms with E-state index in [1.54, 1.807) is 0 Å². The molecule has 0 aliphatic carbocycles. The van der Waals surface area contributed by atoms with Crippen molar-refractivity contribution in [2.24, 2.45) is 11.8 Å². The number of para-hydroxylation sites is 1. The first-order valence-electron chi connectivity index (χ1n) is 12.0. The van der Waals surface area contributed by atoms with Crippen LogP contribution in [0, 0.1) is 11.8 Å². The van der Waals surface area contributed by atoms with Gasteiger partial charge in [0.25, 0.3) is 0 Å². The van der Waals surface area contributed by atoms with Gasteiger partial charge in [0.05, 0.1) is 0 Å². The highest BCUT2D eigenvalue weighted by Gasteiger charge is 2.36. The lowest BCUT2D eigenvalue weighted by atomic mass is 9.79. The van der Waals surface area contributed by atoms with Crippen molar-refractivity contribution in [2.45, 2.75) is 51.1 Å². The normalized spacial score (nSPS) is 25.0. The van der Waals surface area contributed by atoms with Gasteiger partial charge in [0.15, 0.2) is 0 Å². The van der Waals surface area contributed by atoms with E-state index >= 15 is 0 Å². The molecule has 2 bridgehead atoms. The van der Waals surface area contributed by atoms with Gasteiger partial charge in [0, 0.05) is 56.7 Å². The second-order valence-electron chi connectivity index (χ2n) is 9.60. The summed E-state index contributed by atoms with van der Waals surface area (Å²) in [7, 11) is 0. The predicted molar refractivity (Wildman–Crippen MR) is 131 cm³/mol. The molecular weight excluding hydrogens is 420 g/mol. The summed E-state index contributed by atoms with van der Waals surface area (Å²) in [5, 5.41) is 3.81. The minimum absolute atomic E-state index is 0. The maximum atomic E-state index is 13.0. The number of benzene rings is 1. The van der Waals surface area contributed by atoms with Gasteiger partial charge in [0.2, 0.25) is 5.91 Å². The number of likely N-dealkylation sites (tertiary alicyclic amines) is 1. The average molecular weight is 455 g/mol. The van der Waals surface area contributed by atoms with Gasteiger partial charge in [-0.15, -0.1) is 12.4 Å². The first-order valence-corrected chi connectivity index (χ1v) is 12.0. The molecule has 2 aromatic rings. The van der Waals surface area contributed by atoms with Crippen LogP contribution >= 0.6 is 12.4 Å². The van der Waals surface area contributed by atoms with Crippen molar-refractivity contribution >= 4 is 24.0 Å². The van der Waals surface area contributed by atoms with Gasteiger partial charge in [0.1, 0.15) is 0 Å². The number of aromatic nitrogens is 1. The number of rotatable bonds is 6. The topological polar surface area (TPSA) is 48.5 Å². The standard InChI is InChI=1S/C26H34N4O.ClH/c31-26(30-13-5-8-22-7-1-2-10-25(22)30)11-3-9-24-23-14-21(16-28-24)18-29(19-23)17-20-6-4-12-27-15-20;/h1-2,4,6-7,10,12,15,21,23-24,28H,3,5,8-9,11,13-14,16-19H2;1H/t21-,23+,24+;/m0./s1. The number of piperidine rings is 2. The van der Waals surface area contributed by atoms with Gasteiger partial charge in [-0.3, -0.25) is 14.7 Å². The average Bonchev–Trinajstić information content (AvgIpc) is 2.81. The molecule has 6 heteroatoms. The molecule has 5 rings (SSSR count). The summed E-state index contributed by atoms with van der Waals surface area (Å²) in [5.41, 5.74) is 3.76. The molecule has 2 saturated heterocycles. The number of carbonyl (C=O) groups excluding carboxylic acids is 1. The van der Waals surface area contributed by atoms with Crippen molar-refractivity contribution in [3.63, 3.8) is 0 Å². The quantitative estimate of drug-likeness (QED) is 0.715. The van der Waals surface area contributed by atoms with E-state index in [9.17, 15) is 4.79 Å². The lowest BCUT2D eigenvalue weighted by molar-refractivity contribution is -0.118. The number of amides is 1. The summed E-state index contributed by atoms with van der Waals surface area (Å²) >= 11 is 0. The zero-order valence-corrected chi connectivity index (χ0v) is 19.6. The molecule has 1 amide bonds. The van der Waals surface area contributed by atoms with Gasteiger partial charge in [-0.1, -0.05) is 24.3 Å². The first kappa shape index (κ1) is 23.2. The molecule has 172 valence electrons. The molecule has 5 nitrogen and oxygen atoms in total. The molecule has 1 aromatic heterocycles. The lowest BCUT2D eigenvalue weighted by Gasteiger charge is -2.46. The molecular formula is C26H35ClN4O. The summed E-state index contributed by atoms with van der Waals surface area (Å²) in [4.78, 5) is 21.9. The third-order valence-corrected chi connectivity index (χ3v) is 7.33. The van der Waals surface area contributed by atoms with Crippen LogP contribution in [0.25, 0.3) is 0 Å². The number of nitrogens with zero attached hydrogens (tertiary/aromatic N) is 3. The molecule has 3 aliphatic rings. The smallest absolute Gasteiger partial charge is 0.226 e. The van der Waals surface area contributed by atoms with E-state index < -0.39 is 0 Å². The molecule has 1 aromatic carbocycles. The van der Waals surface area contributed by atoms with Crippen LogP contribution in [0.15, 0.2) is 48.8 Å². The van der Waals surface area contributed by atoms with Crippen LogP contribution in [0.3, 0.4) is 0 Å². The first-order chi connectivity index (χ1) is 15.3. The fourth-order valence-corrected chi connectivity index (χ4v) is 5.89. The van der Waals surface area contributed by atoms with Crippen molar-refractivity contribution in [2.75, 3.05) is 31.1 Å². The second-order valence-corrected chi connectivity index (χ2v) is 9.60. The van der Waals surface area contributed by atoms with Crippen molar-refractivity contribution in [1.82, 2.24) is 15.2 Å². The predicted octanol–water partition coefficient (Wildman–Crippen LogP) is 4.06. The van der Waals surface area contributed by atoms with E-state index in [4.69, 9.17) is 0 Å². The Bertz CT molecular complexity index is 892. The highest BCUT2D eigenvalue weighted by Crippen LogP contribution is 2.32. The fraction of sp³-hybridized carbons (Fsp3) is 0.538. The van der Waals surface area contributed by atoms with Crippen LogP contribution in [0.2, 0.25) is 0 Å². The lowest BCUT2D eigenvalue weighted by Crippen LogP contribution is -2.55. The maximum absolute atomic E-state index is 13.0. The molecule has 2 fully saturated rings. The summed E-state index contributed by atoms with van der Waals surface area (Å²) in [6.07, 6.45) is 10.0. The van der Waals surface area contributed by atoms with E-state index in [-0.39, 0.29) is 12.4 Å². The Morgan fingerprint density at radius 1 is 1.16 bits per heavy atom. The Morgan fingerprint density at radius 3 is 2.94 bits per heavy atom. The van der Waals surface area contributed by atoms with Crippen molar-refractivity contribution < 1.29 is 4.79 Å². The maximum Gasteiger partial charge on any atom is 0.226 e. The van der Waals surface area contributed by atoms with Gasteiger partial charge >= 0.3 is 0 Å². The molecule has 0 spiro atoms. The number of aryl methyl sites for hydroxylation is 1. The summed E-state index contributed by atoms with van der Waals surface area (Å²) in [6, 6.07) is 13.1. The number of fused-ring (bicyclic) bond motifs is 3. The minimum Gasteiger partial charge on any atom is -0.313 e. The Labute approximate surface area is 198 Å². The van der Waals surface area contributed by atoms with Gasteiger partial charge in [-0.05, 0) is 73.7 Å². The van der Waals surface area contributed by atoms with Crippen LogP contribution in [-0.4, -0.2) is 48.0 Å². The summed E-state index contributed by atoms with van der Waals surface area (Å²) in [6.45, 7) is 5.30. The molecule has 1 N–H and O–H groups in total. The number of nitrogens with one attached hydrogen (secondary N) is 1. The Hall–Kier alpha value is -1.95. The van der Waals surface area contributed by atoms with E-state index in [0.717, 1.165) is 63.5 Å². The molecule has 3 aliphatic heterocycles. The van der Waals surface area contributed by atoms with E-state index in [0.29, 0.717) is 24.3 Å². The third kappa shape index (κ3) is 5.33. The molecule has 3 atom stereocenters. The Balaban J connectivity index is 0.00000245. The monoisotopic (exact) mass is 454 g/mol. The van der Waals surface area contributed by atoms with E-state index in [2.05, 4.69) is 39.5 Å². The van der Waals surface area contributed by atoms with Crippen LogP contribution in [0.5, 0.6) is 0 Å². The molecule has 32 heavy (non-hydrogen) atoms. The van der Waals surface area contributed by atoms with Crippen LogP contribution in [0.4, 0.5) is 5.69 Å². The van der Waals surface area contributed by atoms with Gasteiger partial charge in [-0.25, -0.2) is 0 Å². The zero-order chi connectivity index (χ0) is 21.0. The highest BCUT2D eigenvalue weighted by molar-refractivity contribution is 5.94. The highest BCUT2D eigenvalue weighted by atomic mass is 35.5. The number of hydrogen-bond acceptors (Lipinski definition) is 4. The number of halogens is 1. The minimum atomic E-state index is 0. The summed E-state index contributed by atoms with van der Waals surface area (Å²) < 4.78 is 0. The Kier molecular flexibility index (Phi) is 7.82. The SMILES string of the molecule is Cl.O=C(CCC[C@H]1NC[C@@H]2C[C@@H]1CN(Cc1cccnc1)C2)N1CCCc2ccccc21. The van der Waals surface area contributed by atoms with Crippen molar-refractivity contribution in [3.05, 3.63) is 59.9 Å². The summed E-state index contributed by atoms with van der Waals surface area (Å²) in [5.74, 6) is 1.73. The molecule has 0 radical (unpaired) electrons. The zero-order valence-electron chi connectivity index (χ0n) is 18.8. The third-order valence-electron chi connectivity index (χ3n) is 7.33. The fourth-order valence-electron chi connectivity index (χ4n) is 5.89. The van der Waals surface area contributed by atoms with E-state index in [1.165, 1.54) is 24.1 Å². The largest absolute Gasteiger partial charge is 0.313 e. The van der Waals surface area contributed by atoms with Crippen LogP contribution < -0.4 is 10.2 Å². The van der Waals surface area contributed by atoms with Crippen LogP contribution in [-0.2, 0) is 17.8 Å². The van der Waals surface area contributed by atoms with Gasteiger partial charge in [-0.2, -0.15) is 0 Å². The molecule has 4 heterocycles. The van der Waals surface area contributed by atoms with Crippen molar-refractivity contribution in [3.8, 4) is 0 Å². The van der Waals surface area contributed by atoms with Crippen LogP contribution in [0.1, 0.15) is 43.2 Å². The number of carbonyl (C=O) groups is 1. The van der Waals surface area contributed by atoms with Crippen molar-refractivity contribution in [1.29, 1.82) is 0 Å². The molecule has 0 saturated carbocycles. The Morgan fingerprint density at radius 2 is 2.06 bits per heavy atom. The molecule has 0 unspecified atom stereocenters. The van der Waals surface area contributed by atoms with Gasteiger partial charge < -0.3 is 10.2 Å². The number of pyridine rings is 1. The second kappa shape index (κ2) is 10.8. The number of hydrogen-bond donors (Lipinski definition) is 1.